The normalized spacial score (nSPS) is 15.4. The summed E-state index contributed by atoms with van der Waals surface area (Å²) in [6, 6.07) is 5.10. The van der Waals surface area contributed by atoms with E-state index in [1.54, 1.807) is 22.5 Å². The van der Waals surface area contributed by atoms with E-state index in [0.29, 0.717) is 31.3 Å². The van der Waals surface area contributed by atoms with Gasteiger partial charge in [0, 0.05) is 19.6 Å². The highest BCUT2D eigenvalue weighted by molar-refractivity contribution is 7.89. The Hall–Kier alpha value is -1.11. The third-order valence-electron chi connectivity index (χ3n) is 3.71. The summed E-state index contributed by atoms with van der Waals surface area (Å²) in [6.07, 6.45) is 3.04. The lowest BCUT2D eigenvalue weighted by atomic mass is 10.2. The SMILES string of the molecule is CCCN(CC1CC1)S(=O)(=O)c1cc(CN)ccc1OC. The minimum Gasteiger partial charge on any atom is -0.495 e. The average Bonchev–Trinajstić information content (AvgIpc) is 3.30. The molecule has 0 amide bonds. The molecule has 1 aromatic rings. The number of methoxy groups -OCH3 is 1. The van der Waals surface area contributed by atoms with Crippen molar-refractivity contribution >= 4 is 10.0 Å². The summed E-state index contributed by atoms with van der Waals surface area (Å²) >= 11 is 0. The molecule has 0 spiro atoms. The number of benzene rings is 1. The van der Waals surface area contributed by atoms with Crippen molar-refractivity contribution < 1.29 is 13.2 Å². The lowest BCUT2D eigenvalue weighted by Crippen LogP contribution is -2.34. The largest absolute Gasteiger partial charge is 0.495 e. The van der Waals surface area contributed by atoms with Crippen LogP contribution in [0, 0.1) is 5.92 Å². The van der Waals surface area contributed by atoms with Crippen LogP contribution in [-0.2, 0) is 16.6 Å². The minimum absolute atomic E-state index is 0.224. The summed E-state index contributed by atoms with van der Waals surface area (Å²) < 4.78 is 32.7. The molecular weight excluding hydrogens is 288 g/mol. The molecule has 5 nitrogen and oxygen atoms in total. The summed E-state index contributed by atoms with van der Waals surface area (Å²) in [5, 5.41) is 0. The first-order valence-electron chi connectivity index (χ1n) is 7.40. The van der Waals surface area contributed by atoms with Crippen molar-refractivity contribution in [2.45, 2.75) is 37.6 Å². The van der Waals surface area contributed by atoms with Crippen molar-refractivity contribution in [3.8, 4) is 5.75 Å². The Bertz CT molecular complexity index is 583. The quantitative estimate of drug-likeness (QED) is 0.796. The fourth-order valence-electron chi connectivity index (χ4n) is 2.34. The maximum atomic E-state index is 12.9. The van der Waals surface area contributed by atoms with Crippen LogP contribution < -0.4 is 10.5 Å². The van der Waals surface area contributed by atoms with Gasteiger partial charge in [-0.05, 0) is 42.9 Å². The van der Waals surface area contributed by atoms with E-state index >= 15 is 0 Å². The lowest BCUT2D eigenvalue weighted by Gasteiger charge is -2.23. The van der Waals surface area contributed by atoms with Crippen LogP contribution in [0.25, 0.3) is 0 Å². The van der Waals surface area contributed by atoms with E-state index in [2.05, 4.69) is 0 Å². The molecule has 6 heteroatoms. The van der Waals surface area contributed by atoms with Crippen LogP contribution in [0.15, 0.2) is 23.1 Å². The van der Waals surface area contributed by atoms with Gasteiger partial charge < -0.3 is 10.5 Å². The summed E-state index contributed by atoms with van der Waals surface area (Å²) in [7, 11) is -2.05. The molecule has 0 aliphatic heterocycles. The van der Waals surface area contributed by atoms with Gasteiger partial charge in [-0.3, -0.25) is 0 Å². The van der Waals surface area contributed by atoms with Crippen molar-refractivity contribution in [2.75, 3.05) is 20.2 Å². The molecule has 1 saturated carbocycles. The molecule has 21 heavy (non-hydrogen) atoms. The van der Waals surface area contributed by atoms with Gasteiger partial charge in [-0.1, -0.05) is 13.0 Å². The maximum Gasteiger partial charge on any atom is 0.246 e. The van der Waals surface area contributed by atoms with E-state index < -0.39 is 10.0 Å². The zero-order chi connectivity index (χ0) is 15.5. The van der Waals surface area contributed by atoms with Crippen LogP contribution in [0.5, 0.6) is 5.75 Å². The van der Waals surface area contributed by atoms with Gasteiger partial charge in [0.2, 0.25) is 10.0 Å². The summed E-state index contributed by atoms with van der Waals surface area (Å²) in [4.78, 5) is 0.224. The second-order valence-electron chi connectivity index (χ2n) is 5.50. The number of nitrogens with two attached hydrogens (primary N) is 1. The number of nitrogens with zero attached hydrogens (tertiary/aromatic N) is 1. The molecule has 1 aliphatic rings. The van der Waals surface area contributed by atoms with Crippen LogP contribution in [0.2, 0.25) is 0 Å². The summed E-state index contributed by atoms with van der Waals surface area (Å²) in [5.74, 6) is 0.888. The van der Waals surface area contributed by atoms with Gasteiger partial charge in [0.15, 0.2) is 0 Å². The van der Waals surface area contributed by atoms with Crippen LogP contribution >= 0.6 is 0 Å². The summed E-state index contributed by atoms with van der Waals surface area (Å²) in [5.41, 5.74) is 6.42. The molecule has 0 radical (unpaired) electrons. The number of rotatable bonds is 8. The number of hydrogen-bond acceptors (Lipinski definition) is 4. The van der Waals surface area contributed by atoms with Crippen molar-refractivity contribution in [3.63, 3.8) is 0 Å². The van der Waals surface area contributed by atoms with E-state index in [1.807, 2.05) is 6.92 Å². The molecule has 0 unspecified atom stereocenters. The molecule has 1 fully saturated rings. The Morgan fingerprint density at radius 2 is 2.10 bits per heavy atom. The molecule has 0 bridgehead atoms. The number of ether oxygens (including phenoxy) is 1. The van der Waals surface area contributed by atoms with Crippen LogP contribution in [0.3, 0.4) is 0 Å². The Kier molecular flexibility index (Phi) is 5.24. The van der Waals surface area contributed by atoms with Gasteiger partial charge in [-0.2, -0.15) is 4.31 Å². The number of hydrogen-bond donors (Lipinski definition) is 1. The molecule has 118 valence electrons. The highest BCUT2D eigenvalue weighted by Gasteiger charge is 2.32. The second kappa shape index (κ2) is 6.77. The third kappa shape index (κ3) is 3.75. The van der Waals surface area contributed by atoms with Crippen LogP contribution in [0.4, 0.5) is 0 Å². The van der Waals surface area contributed by atoms with Gasteiger partial charge in [0.05, 0.1) is 7.11 Å². The van der Waals surface area contributed by atoms with Crippen molar-refractivity contribution in [1.29, 1.82) is 0 Å². The van der Waals surface area contributed by atoms with Crippen molar-refractivity contribution in [2.24, 2.45) is 11.7 Å². The minimum atomic E-state index is -3.54. The zero-order valence-electron chi connectivity index (χ0n) is 12.7. The van der Waals surface area contributed by atoms with Gasteiger partial charge in [0.1, 0.15) is 10.6 Å². The average molecular weight is 312 g/mol. The molecular formula is C15H24N2O3S. The Morgan fingerprint density at radius 3 is 2.62 bits per heavy atom. The topological polar surface area (TPSA) is 72.6 Å². The maximum absolute atomic E-state index is 12.9. The molecule has 1 aliphatic carbocycles. The van der Waals surface area contributed by atoms with Crippen LogP contribution in [-0.4, -0.2) is 32.9 Å². The van der Waals surface area contributed by atoms with Gasteiger partial charge in [-0.25, -0.2) is 8.42 Å². The molecule has 0 aromatic heterocycles. The molecule has 0 atom stereocenters. The monoisotopic (exact) mass is 312 g/mol. The first-order chi connectivity index (χ1) is 10.0. The molecule has 1 aromatic carbocycles. The predicted molar refractivity (Wildman–Crippen MR) is 82.7 cm³/mol. The molecule has 0 saturated heterocycles. The second-order valence-corrected chi connectivity index (χ2v) is 7.40. The zero-order valence-corrected chi connectivity index (χ0v) is 13.5. The van der Waals surface area contributed by atoms with Crippen molar-refractivity contribution in [1.82, 2.24) is 4.31 Å². The molecule has 0 heterocycles. The van der Waals surface area contributed by atoms with E-state index in [9.17, 15) is 8.42 Å². The smallest absolute Gasteiger partial charge is 0.246 e. The Morgan fingerprint density at radius 1 is 1.38 bits per heavy atom. The standard InChI is InChI=1S/C15H24N2O3S/c1-3-8-17(11-12-4-5-12)21(18,19)15-9-13(10-16)6-7-14(15)20-2/h6-7,9,12H,3-5,8,10-11,16H2,1-2H3. The first-order valence-corrected chi connectivity index (χ1v) is 8.84. The lowest BCUT2D eigenvalue weighted by molar-refractivity contribution is 0.380. The molecule has 2 rings (SSSR count). The van der Waals surface area contributed by atoms with E-state index in [1.165, 1.54) is 7.11 Å². The Labute approximate surface area is 127 Å². The van der Waals surface area contributed by atoms with E-state index in [0.717, 1.165) is 24.8 Å². The number of sulfonamides is 1. The predicted octanol–water partition coefficient (Wildman–Crippen LogP) is 1.96. The van der Waals surface area contributed by atoms with Gasteiger partial charge in [-0.15, -0.1) is 0 Å². The fourth-order valence-corrected chi connectivity index (χ4v) is 4.15. The van der Waals surface area contributed by atoms with Crippen LogP contribution in [0.1, 0.15) is 31.7 Å². The fraction of sp³-hybridized carbons (Fsp3) is 0.600. The highest BCUT2D eigenvalue weighted by Crippen LogP contribution is 2.34. The summed E-state index contributed by atoms with van der Waals surface area (Å²) in [6.45, 7) is 3.44. The first kappa shape index (κ1) is 16.3. The Balaban J connectivity index is 2.39. The van der Waals surface area contributed by atoms with Gasteiger partial charge >= 0.3 is 0 Å². The highest BCUT2D eigenvalue weighted by atomic mass is 32.2. The van der Waals surface area contributed by atoms with E-state index in [4.69, 9.17) is 10.5 Å². The van der Waals surface area contributed by atoms with E-state index in [-0.39, 0.29) is 4.90 Å². The van der Waals surface area contributed by atoms with Crippen molar-refractivity contribution in [3.05, 3.63) is 23.8 Å². The van der Waals surface area contributed by atoms with Gasteiger partial charge in [0.25, 0.3) is 0 Å². The molecule has 2 N–H and O–H groups in total. The third-order valence-corrected chi connectivity index (χ3v) is 5.60.